The summed E-state index contributed by atoms with van der Waals surface area (Å²) in [5.41, 5.74) is 1.32. The fourth-order valence-electron chi connectivity index (χ4n) is 2.96. The van der Waals surface area contributed by atoms with Crippen LogP contribution >= 0.6 is 23.2 Å². The Morgan fingerprint density at radius 1 is 1.22 bits per heavy atom. The van der Waals surface area contributed by atoms with Crippen LogP contribution in [0, 0.1) is 11.8 Å². The lowest BCUT2D eigenvalue weighted by molar-refractivity contribution is 0.139. The molecule has 0 spiro atoms. The zero-order valence-electron chi connectivity index (χ0n) is 11.1. The topological polar surface area (TPSA) is 3.24 Å². The number of hydrogen-bond donors (Lipinski definition) is 0. The first-order valence-electron chi connectivity index (χ1n) is 6.72. The van der Waals surface area contributed by atoms with E-state index in [0.29, 0.717) is 10.0 Å². The van der Waals surface area contributed by atoms with Gasteiger partial charge in [0.05, 0.1) is 10.0 Å². The molecule has 1 aromatic carbocycles. The summed E-state index contributed by atoms with van der Waals surface area (Å²) in [5.74, 6) is 1.58. The Balaban J connectivity index is 2.05. The Morgan fingerprint density at radius 2 is 2.00 bits per heavy atom. The van der Waals surface area contributed by atoms with E-state index in [0.717, 1.165) is 18.3 Å². The molecule has 2 atom stereocenters. The van der Waals surface area contributed by atoms with Crippen LogP contribution in [0.25, 0.3) is 0 Å². The molecule has 1 nitrogen and oxygen atoms in total. The van der Waals surface area contributed by atoms with Crippen LogP contribution in [-0.2, 0) is 6.42 Å². The Morgan fingerprint density at radius 3 is 2.67 bits per heavy atom. The van der Waals surface area contributed by atoms with E-state index in [1.165, 1.54) is 31.5 Å². The van der Waals surface area contributed by atoms with Crippen molar-refractivity contribution in [1.82, 2.24) is 4.90 Å². The van der Waals surface area contributed by atoms with Crippen molar-refractivity contribution in [3.05, 3.63) is 33.8 Å². The molecule has 0 radical (unpaired) electrons. The van der Waals surface area contributed by atoms with Gasteiger partial charge in [0.1, 0.15) is 0 Å². The molecule has 0 amide bonds. The standard InChI is InChI=1S/C15H21Cl2N/c1-3-12-10-18(2)7-6-13(12)8-11-4-5-14(16)15(17)9-11/h4-5,9,12-13H,3,6-8,10H2,1-2H3. The van der Waals surface area contributed by atoms with Crippen molar-refractivity contribution >= 4 is 23.2 Å². The summed E-state index contributed by atoms with van der Waals surface area (Å²) < 4.78 is 0. The van der Waals surface area contributed by atoms with E-state index in [1.54, 1.807) is 0 Å². The summed E-state index contributed by atoms with van der Waals surface area (Å²) in [6, 6.07) is 6.04. The molecule has 0 aliphatic carbocycles. The van der Waals surface area contributed by atoms with Gasteiger partial charge >= 0.3 is 0 Å². The first-order valence-corrected chi connectivity index (χ1v) is 7.48. The molecule has 0 saturated carbocycles. The molecule has 0 N–H and O–H groups in total. The minimum absolute atomic E-state index is 0.649. The molecule has 1 heterocycles. The van der Waals surface area contributed by atoms with Crippen LogP contribution < -0.4 is 0 Å². The van der Waals surface area contributed by atoms with Gasteiger partial charge in [0, 0.05) is 6.54 Å². The fraction of sp³-hybridized carbons (Fsp3) is 0.600. The SMILES string of the molecule is CCC1CN(C)CCC1Cc1ccc(Cl)c(Cl)c1. The lowest BCUT2D eigenvalue weighted by atomic mass is 9.80. The van der Waals surface area contributed by atoms with Crippen LogP contribution in [-0.4, -0.2) is 25.0 Å². The number of halogens is 2. The molecule has 2 unspecified atom stereocenters. The van der Waals surface area contributed by atoms with Crippen LogP contribution in [0.15, 0.2) is 18.2 Å². The van der Waals surface area contributed by atoms with Crippen LogP contribution in [0.3, 0.4) is 0 Å². The van der Waals surface area contributed by atoms with Crippen molar-refractivity contribution < 1.29 is 0 Å². The summed E-state index contributed by atoms with van der Waals surface area (Å²) in [7, 11) is 2.22. The highest BCUT2D eigenvalue weighted by Crippen LogP contribution is 2.30. The van der Waals surface area contributed by atoms with E-state index in [1.807, 2.05) is 12.1 Å². The second-order valence-corrected chi connectivity index (χ2v) is 6.25. The third-order valence-electron chi connectivity index (χ3n) is 4.10. The maximum Gasteiger partial charge on any atom is 0.0595 e. The number of likely N-dealkylation sites (tertiary alicyclic amines) is 1. The lowest BCUT2D eigenvalue weighted by Crippen LogP contribution is -2.38. The molecule has 0 bridgehead atoms. The van der Waals surface area contributed by atoms with Crippen molar-refractivity contribution in [1.29, 1.82) is 0 Å². The molecule has 0 aromatic heterocycles. The van der Waals surface area contributed by atoms with Gasteiger partial charge in [-0.2, -0.15) is 0 Å². The maximum atomic E-state index is 6.08. The summed E-state index contributed by atoms with van der Waals surface area (Å²) in [6.07, 6.45) is 3.68. The molecule has 3 heteroatoms. The van der Waals surface area contributed by atoms with E-state index in [-0.39, 0.29) is 0 Å². The van der Waals surface area contributed by atoms with Gasteiger partial charge in [0.25, 0.3) is 0 Å². The van der Waals surface area contributed by atoms with E-state index in [4.69, 9.17) is 23.2 Å². The van der Waals surface area contributed by atoms with Gasteiger partial charge < -0.3 is 4.90 Å². The van der Waals surface area contributed by atoms with Crippen LogP contribution in [0.4, 0.5) is 0 Å². The average Bonchev–Trinajstić information content (AvgIpc) is 2.36. The number of benzene rings is 1. The number of hydrogen-bond acceptors (Lipinski definition) is 1. The van der Waals surface area contributed by atoms with Crippen molar-refractivity contribution in [3.63, 3.8) is 0 Å². The normalized spacial score (nSPS) is 25.3. The van der Waals surface area contributed by atoms with Crippen molar-refractivity contribution in [2.24, 2.45) is 11.8 Å². The molecule has 1 aliphatic heterocycles. The van der Waals surface area contributed by atoms with Gasteiger partial charge in [-0.1, -0.05) is 42.6 Å². The summed E-state index contributed by atoms with van der Waals surface area (Å²) in [5, 5.41) is 1.32. The maximum absolute atomic E-state index is 6.08. The predicted molar refractivity (Wildman–Crippen MR) is 79.6 cm³/mol. The van der Waals surface area contributed by atoms with Crippen molar-refractivity contribution in [2.75, 3.05) is 20.1 Å². The predicted octanol–water partition coefficient (Wildman–Crippen LogP) is 4.51. The lowest BCUT2D eigenvalue weighted by Gasteiger charge is -2.36. The van der Waals surface area contributed by atoms with Crippen LogP contribution in [0.5, 0.6) is 0 Å². The fourth-order valence-corrected chi connectivity index (χ4v) is 3.28. The van der Waals surface area contributed by atoms with Gasteiger partial charge in [-0.3, -0.25) is 0 Å². The zero-order valence-corrected chi connectivity index (χ0v) is 12.6. The largest absolute Gasteiger partial charge is 0.306 e. The monoisotopic (exact) mass is 285 g/mol. The number of piperidine rings is 1. The molecule has 18 heavy (non-hydrogen) atoms. The highest BCUT2D eigenvalue weighted by atomic mass is 35.5. The Hall–Kier alpha value is -0.240. The molecular formula is C15H21Cl2N. The Bertz CT molecular complexity index is 405. The zero-order chi connectivity index (χ0) is 13.1. The minimum Gasteiger partial charge on any atom is -0.306 e. The Labute approximate surface area is 120 Å². The molecule has 100 valence electrons. The first-order chi connectivity index (χ1) is 8.60. The van der Waals surface area contributed by atoms with E-state index >= 15 is 0 Å². The van der Waals surface area contributed by atoms with Gasteiger partial charge in [-0.25, -0.2) is 0 Å². The smallest absolute Gasteiger partial charge is 0.0595 e. The van der Waals surface area contributed by atoms with Gasteiger partial charge in [0.15, 0.2) is 0 Å². The molecule has 1 aromatic rings. The van der Waals surface area contributed by atoms with Crippen LogP contribution in [0.1, 0.15) is 25.3 Å². The summed E-state index contributed by atoms with van der Waals surface area (Å²) in [4.78, 5) is 2.44. The van der Waals surface area contributed by atoms with Gasteiger partial charge in [-0.15, -0.1) is 0 Å². The second kappa shape index (κ2) is 6.27. The molecule has 1 fully saturated rings. The Kier molecular flexibility index (Phi) is 4.94. The third-order valence-corrected chi connectivity index (χ3v) is 4.84. The highest BCUT2D eigenvalue weighted by Gasteiger charge is 2.26. The number of nitrogens with zero attached hydrogens (tertiary/aromatic N) is 1. The quantitative estimate of drug-likeness (QED) is 0.790. The summed E-state index contributed by atoms with van der Waals surface area (Å²) in [6.45, 7) is 4.73. The molecule has 2 rings (SSSR count). The average molecular weight is 286 g/mol. The van der Waals surface area contributed by atoms with Gasteiger partial charge in [0.2, 0.25) is 0 Å². The van der Waals surface area contributed by atoms with E-state index in [2.05, 4.69) is 24.9 Å². The van der Waals surface area contributed by atoms with E-state index in [9.17, 15) is 0 Å². The summed E-state index contributed by atoms with van der Waals surface area (Å²) >= 11 is 12.0. The number of rotatable bonds is 3. The third kappa shape index (κ3) is 3.40. The molecular weight excluding hydrogens is 265 g/mol. The molecule has 1 aliphatic rings. The van der Waals surface area contributed by atoms with E-state index < -0.39 is 0 Å². The second-order valence-electron chi connectivity index (χ2n) is 5.43. The van der Waals surface area contributed by atoms with Crippen molar-refractivity contribution in [3.8, 4) is 0 Å². The van der Waals surface area contributed by atoms with Gasteiger partial charge in [-0.05, 0) is 56.0 Å². The molecule has 1 saturated heterocycles. The highest BCUT2D eigenvalue weighted by molar-refractivity contribution is 6.42. The van der Waals surface area contributed by atoms with Crippen molar-refractivity contribution in [2.45, 2.75) is 26.2 Å². The first kappa shape index (κ1) is 14.2. The van der Waals surface area contributed by atoms with Crippen LogP contribution in [0.2, 0.25) is 10.0 Å². The minimum atomic E-state index is 0.649.